The number of hydrogen-bond donors (Lipinski definition) is 0. The molecule has 0 spiro atoms. The Bertz CT molecular complexity index is 1860. The molecule has 8 bridgehead atoms. The summed E-state index contributed by atoms with van der Waals surface area (Å²) in [6.45, 7) is 7.20. The fourth-order valence-electron chi connectivity index (χ4n) is 5.59. The van der Waals surface area contributed by atoms with Crippen molar-refractivity contribution >= 4 is 54.4 Å². The van der Waals surface area contributed by atoms with E-state index in [1.54, 1.807) is 0 Å². The fourth-order valence-corrected chi connectivity index (χ4v) is 7.01. The average Bonchev–Trinajstić information content (AvgIpc) is 3.78. The van der Waals surface area contributed by atoms with E-state index in [0.717, 1.165) is 73.1 Å². The van der Waals surface area contributed by atoms with Gasteiger partial charge in [-0.3, -0.25) is 0 Å². The van der Waals surface area contributed by atoms with Crippen LogP contribution in [0.1, 0.15) is 28.3 Å². The van der Waals surface area contributed by atoms with E-state index in [1.807, 2.05) is 18.2 Å². The second-order valence-corrected chi connectivity index (χ2v) is 17.3. The molecule has 42 heavy (non-hydrogen) atoms. The molecular weight excluding hydrogens is 582 g/mol. The monoisotopic (exact) mass is 610 g/mol. The molecule has 4 nitrogen and oxygen atoms in total. The van der Waals surface area contributed by atoms with E-state index in [2.05, 4.69) is 117 Å². The first-order chi connectivity index (χ1) is 19.9. The molecule has 200 valence electrons. The molecule has 0 saturated carbocycles. The number of fused-ring (bicyclic) bond motifs is 8. The molecule has 7 rings (SSSR count). The third-order valence-electron chi connectivity index (χ3n) is 7.37. The molecule has 0 radical (unpaired) electrons. The van der Waals surface area contributed by atoms with Crippen molar-refractivity contribution in [2.75, 3.05) is 0 Å². The van der Waals surface area contributed by atoms with Crippen molar-refractivity contribution in [3.05, 3.63) is 119 Å². The summed E-state index contributed by atoms with van der Waals surface area (Å²) in [5.41, 5.74) is 12.8. The smallest absolute Gasteiger partial charge is 0.657 e. The van der Waals surface area contributed by atoms with E-state index in [-0.39, 0.29) is 19.5 Å². The van der Waals surface area contributed by atoms with Gasteiger partial charge in [0, 0.05) is 8.07 Å². The summed E-state index contributed by atoms with van der Waals surface area (Å²) in [4.78, 5) is 20.6. The summed E-state index contributed by atoms with van der Waals surface area (Å²) < 4.78 is 0. The topological polar surface area (TPSA) is 54.0 Å². The first-order valence-electron chi connectivity index (χ1n) is 14.0. The average molecular weight is 612 g/mol. The van der Waals surface area contributed by atoms with Crippen molar-refractivity contribution < 1.29 is 19.5 Å². The summed E-state index contributed by atoms with van der Waals surface area (Å²) in [5, 5.41) is 0. The van der Waals surface area contributed by atoms with Gasteiger partial charge in [-0.05, 0) is 58.7 Å². The molecule has 2 aliphatic rings. The van der Waals surface area contributed by atoms with Gasteiger partial charge in [-0.2, -0.15) is 0 Å². The van der Waals surface area contributed by atoms with Crippen LogP contribution in [0.2, 0.25) is 19.6 Å². The van der Waals surface area contributed by atoms with Gasteiger partial charge in [0.1, 0.15) is 0 Å². The fraction of sp³-hybridized carbons (Fsp3) is 0.111. The normalized spacial score (nSPS) is 12.4. The van der Waals surface area contributed by atoms with Gasteiger partial charge in [0.15, 0.2) is 0 Å². The molecule has 5 aromatic rings. The number of benzene rings is 2. The van der Waals surface area contributed by atoms with Crippen molar-refractivity contribution in [1.82, 2.24) is 19.9 Å². The van der Waals surface area contributed by atoms with E-state index in [0.29, 0.717) is 0 Å². The summed E-state index contributed by atoms with van der Waals surface area (Å²) in [7, 11) is -1.52. The predicted octanol–water partition coefficient (Wildman–Crippen LogP) is 8.67. The largest absolute Gasteiger partial charge is 2.00 e. The molecule has 0 amide bonds. The third-order valence-corrected chi connectivity index (χ3v) is 8.79. The Labute approximate surface area is 260 Å². The molecule has 2 aliphatic heterocycles. The molecule has 6 heteroatoms. The minimum atomic E-state index is -1.52. The van der Waals surface area contributed by atoms with Crippen LogP contribution in [-0.4, -0.2) is 18.0 Å². The SMILES string of the molecule is C[Si](C)(C)Cc1c2ccc([n-]2)c(-c2ccccc2)c2nc(cc3nc(c(-c4ccccc4)c4ccc1[n-]4)C=C3)C=C2.[Zn+2]. The van der Waals surface area contributed by atoms with Crippen LogP contribution < -0.4 is 9.97 Å². The molecule has 0 fully saturated rings. The van der Waals surface area contributed by atoms with Crippen LogP contribution in [0, 0.1) is 0 Å². The van der Waals surface area contributed by atoms with Crippen molar-refractivity contribution in [3.8, 4) is 22.3 Å². The first kappa shape index (κ1) is 28.0. The third kappa shape index (κ3) is 5.53. The van der Waals surface area contributed by atoms with Crippen LogP contribution in [-0.2, 0) is 25.5 Å². The van der Waals surface area contributed by atoms with E-state index in [1.165, 1.54) is 5.56 Å². The summed E-state index contributed by atoms with van der Waals surface area (Å²) in [5.74, 6) is 0. The van der Waals surface area contributed by atoms with Crippen LogP contribution in [0.5, 0.6) is 0 Å². The second-order valence-electron chi connectivity index (χ2n) is 11.8. The zero-order valence-corrected chi connectivity index (χ0v) is 28.1. The molecule has 0 unspecified atom stereocenters. The Balaban J connectivity index is 0.00000316. The Morgan fingerprint density at radius 3 is 1.40 bits per heavy atom. The van der Waals surface area contributed by atoms with Gasteiger partial charge in [-0.15, -0.1) is 22.1 Å². The standard InChI is InChI=1S/C36H30N4Si.Zn/c1-41(2,3)23-28-29-18-20-33(39-29)35(24-10-6-4-7-11-24)31-16-14-26(37-31)22-27-15-17-32(38-27)36(25-12-8-5-9-13-25)34-21-19-30(28)40-34;/h4-22H,23H2,1-3H3;/q-2;+2. The van der Waals surface area contributed by atoms with E-state index in [9.17, 15) is 0 Å². The van der Waals surface area contributed by atoms with Gasteiger partial charge in [0.25, 0.3) is 0 Å². The Morgan fingerprint density at radius 1 is 0.548 bits per heavy atom. The van der Waals surface area contributed by atoms with Gasteiger partial charge in [0.2, 0.25) is 0 Å². The van der Waals surface area contributed by atoms with Gasteiger partial charge in [-0.1, -0.05) is 110 Å². The van der Waals surface area contributed by atoms with E-state index in [4.69, 9.17) is 19.9 Å². The molecule has 0 atom stereocenters. The maximum Gasteiger partial charge on any atom is 2.00 e. The van der Waals surface area contributed by atoms with Crippen LogP contribution in [0.4, 0.5) is 0 Å². The maximum absolute atomic E-state index is 5.26. The number of aromatic nitrogens is 4. The molecule has 3 aromatic heterocycles. The quantitative estimate of drug-likeness (QED) is 0.187. The van der Waals surface area contributed by atoms with E-state index < -0.39 is 8.07 Å². The molecule has 5 heterocycles. The van der Waals surface area contributed by atoms with Gasteiger partial charge in [-0.25, -0.2) is 9.97 Å². The number of rotatable bonds is 4. The number of nitrogens with zero attached hydrogens (tertiary/aromatic N) is 4. The van der Waals surface area contributed by atoms with Crippen LogP contribution >= 0.6 is 0 Å². The molecule has 0 aliphatic carbocycles. The van der Waals surface area contributed by atoms with Gasteiger partial charge >= 0.3 is 19.5 Å². The summed E-state index contributed by atoms with van der Waals surface area (Å²) >= 11 is 0. The van der Waals surface area contributed by atoms with Crippen molar-refractivity contribution in [2.45, 2.75) is 25.7 Å². The van der Waals surface area contributed by atoms with Crippen LogP contribution in [0.25, 0.3) is 68.6 Å². The van der Waals surface area contributed by atoms with Crippen molar-refractivity contribution in [2.24, 2.45) is 0 Å². The first-order valence-corrected chi connectivity index (χ1v) is 17.7. The molecule has 0 N–H and O–H groups in total. The molecule has 0 saturated heterocycles. The number of hydrogen-bond acceptors (Lipinski definition) is 2. The van der Waals surface area contributed by atoms with Crippen LogP contribution in [0.3, 0.4) is 0 Å². The molecule has 2 aromatic carbocycles. The summed E-state index contributed by atoms with van der Waals surface area (Å²) in [6.07, 6.45) is 8.29. The van der Waals surface area contributed by atoms with Crippen molar-refractivity contribution in [3.63, 3.8) is 0 Å². The van der Waals surface area contributed by atoms with Crippen LogP contribution in [0.15, 0.2) is 91.0 Å². The van der Waals surface area contributed by atoms with E-state index >= 15 is 0 Å². The Hall–Kier alpha value is -4.12. The molecular formula is C36H30N4SiZn. The minimum absolute atomic E-state index is 0. The Morgan fingerprint density at radius 2 is 0.976 bits per heavy atom. The zero-order valence-electron chi connectivity index (χ0n) is 24.2. The maximum atomic E-state index is 5.26. The second kappa shape index (κ2) is 11.3. The van der Waals surface area contributed by atoms with Gasteiger partial charge < -0.3 is 9.97 Å². The van der Waals surface area contributed by atoms with Crippen molar-refractivity contribution in [1.29, 1.82) is 0 Å². The van der Waals surface area contributed by atoms with Gasteiger partial charge in [0.05, 0.1) is 22.8 Å². The predicted molar refractivity (Wildman–Crippen MR) is 175 cm³/mol. The summed E-state index contributed by atoms with van der Waals surface area (Å²) in [6, 6.07) is 32.5. The Kier molecular flexibility index (Phi) is 7.53. The zero-order chi connectivity index (χ0) is 28.0. The minimum Gasteiger partial charge on any atom is -0.657 e.